The molecule has 0 saturated carbocycles. The summed E-state index contributed by atoms with van der Waals surface area (Å²) < 4.78 is 12.1. The Bertz CT molecular complexity index is 1060. The van der Waals surface area contributed by atoms with E-state index in [1.165, 1.54) is 18.0 Å². The molecule has 0 saturated heterocycles. The van der Waals surface area contributed by atoms with E-state index >= 15 is 0 Å². The first-order valence-corrected chi connectivity index (χ1v) is 9.20. The van der Waals surface area contributed by atoms with Gasteiger partial charge < -0.3 is 14.8 Å². The van der Waals surface area contributed by atoms with E-state index in [1.54, 1.807) is 43.5 Å². The predicted molar refractivity (Wildman–Crippen MR) is 110 cm³/mol. The van der Waals surface area contributed by atoms with E-state index in [4.69, 9.17) is 9.47 Å². The molecule has 0 aliphatic carbocycles. The molecule has 2 aromatic carbocycles. The third-order valence-electron chi connectivity index (χ3n) is 4.69. The Labute approximate surface area is 169 Å². The number of carbonyl (C=O) groups excluding carboxylic acids is 2. The van der Waals surface area contributed by atoms with Crippen LogP contribution in [0, 0.1) is 6.92 Å². The second kappa shape index (κ2) is 8.60. The minimum atomic E-state index is -0.726. The number of methoxy groups -OCH3 is 2. The van der Waals surface area contributed by atoms with Crippen molar-refractivity contribution in [1.29, 1.82) is 0 Å². The molecule has 0 unspecified atom stereocenters. The van der Waals surface area contributed by atoms with Crippen molar-refractivity contribution >= 4 is 17.5 Å². The fourth-order valence-electron chi connectivity index (χ4n) is 3.10. The Morgan fingerprint density at radius 3 is 2.45 bits per heavy atom. The molecule has 0 radical (unpaired) electrons. The molecule has 3 aromatic rings. The molecular weight excluding hydrogens is 370 g/mol. The molecule has 7 heteroatoms. The quantitative estimate of drug-likeness (QED) is 0.490. The number of Topliss-reactive ketones (excluding diaryl/α,β-unsaturated/α-hetero) is 1. The fraction of sp³-hybridized carbons (Fsp3) is 0.227. The summed E-state index contributed by atoms with van der Waals surface area (Å²) in [5, 5.41) is 6.87. The molecule has 1 heterocycles. The van der Waals surface area contributed by atoms with Crippen molar-refractivity contribution in [3.05, 3.63) is 65.4 Å². The zero-order valence-electron chi connectivity index (χ0n) is 16.9. The first kappa shape index (κ1) is 20.1. The minimum Gasteiger partial charge on any atom is -0.493 e. The fourth-order valence-corrected chi connectivity index (χ4v) is 3.10. The number of ether oxygens (including phenoxy) is 2. The Morgan fingerprint density at radius 2 is 1.79 bits per heavy atom. The topological polar surface area (TPSA) is 82.5 Å². The largest absolute Gasteiger partial charge is 0.493 e. The highest BCUT2D eigenvalue weighted by atomic mass is 16.5. The molecule has 0 bridgehead atoms. The number of aryl methyl sites for hydroxylation is 2. The molecule has 1 N–H and O–H groups in total. The molecule has 0 aliphatic heterocycles. The zero-order valence-corrected chi connectivity index (χ0v) is 16.9. The maximum absolute atomic E-state index is 12.6. The summed E-state index contributed by atoms with van der Waals surface area (Å²) in [6, 6.07) is 12.2. The van der Waals surface area contributed by atoms with Crippen molar-refractivity contribution in [1.82, 2.24) is 9.78 Å². The van der Waals surface area contributed by atoms with Crippen LogP contribution >= 0.6 is 0 Å². The number of amides is 1. The molecular formula is C22H23N3O4. The van der Waals surface area contributed by atoms with Gasteiger partial charge in [0, 0.05) is 17.7 Å². The predicted octanol–water partition coefficient (Wildman–Crippen LogP) is 3.58. The summed E-state index contributed by atoms with van der Waals surface area (Å²) in [4.78, 5) is 25.1. The van der Waals surface area contributed by atoms with Gasteiger partial charge >= 0.3 is 0 Å². The van der Waals surface area contributed by atoms with Crippen LogP contribution < -0.4 is 14.8 Å². The summed E-state index contributed by atoms with van der Waals surface area (Å²) in [6.45, 7) is 3.98. The lowest BCUT2D eigenvalue weighted by atomic mass is 10.0. The smallest absolute Gasteiger partial charge is 0.297 e. The maximum Gasteiger partial charge on any atom is 0.297 e. The van der Waals surface area contributed by atoms with Gasteiger partial charge in [-0.2, -0.15) is 5.10 Å². The lowest BCUT2D eigenvalue weighted by Gasteiger charge is -2.12. The number of hydrogen-bond acceptors (Lipinski definition) is 5. The number of nitrogens with zero attached hydrogens (tertiary/aromatic N) is 2. The van der Waals surface area contributed by atoms with Gasteiger partial charge in [-0.05, 0) is 42.7 Å². The number of aromatic nitrogens is 2. The SMILES string of the molecule is CCc1ccc(C(=O)C(=O)Nc2ccnn2-c2ccc(OC)c(OC)c2)cc1C. The average molecular weight is 393 g/mol. The summed E-state index contributed by atoms with van der Waals surface area (Å²) in [7, 11) is 3.09. The van der Waals surface area contributed by atoms with Gasteiger partial charge in [0.2, 0.25) is 0 Å². The Morgan fingerprint density at radius 1 is 1.03 bits per heavy atom. The minimum absolute atomic E-state index is 0.356. The molecule has 3 rings (SSSR count). The van der Waals surface area contributed by atoms with E-state index in [-0.39, 0.29) is 0 Å². The van der Waals surface area contributed by atoms with E-state index in [0.717, 1.165) is 17.5 Å². The third kappa shape index (κ3) is 4.13. The third-order valence-corrected chi connectivity index (χ3v) is 4.69. The molecule has 1 aromatic heterocycles. The Kier molecular flexibility index (Phi) is 5.97. The van der Waals surface area contributed by atoms with E-state index in [9.17, 15) is 9.59 Å². The van der Waals surface area contributed by atoms with Gasteiger partial charge in [-0.25, -0.2) is 4.68 Å². The molecule has 0 spiro atoms. The van der Waals surface area contributed by atoms with Crippen molar-refractivity contribution in [2.45, 2.75) is 20.3 Å². The average Bonchev–Trinajstić information content (AvgIpc) is 3.20. The zero-order chi connectivity index (χ0) is 21.0. The highest BCUT2D eigenvalue weighted by molar-refractivity contribution is 6.46. The highest BCUT2D eigenvalue weighted by Crippen LogP contribution is 2.30. The van der Waals surface area contributed by atoms with Crippen LogP contribution in [0.2, 0.25) is 0 Å². The van der Waals surface area contributed by atoms with Gasteiger partial charge in [-0.15, -0.1) is 0 Å². The monoisotopic (exact) mass is 393 g/mol. The standard InChI is InChI=1S/C22H23N3O4/c1-5-15-6-7-16(12-14(15)2)21(26)22(27)24-20-10-11-23-25(20)17-8-9-18(28-3)19(13-17)29-4/h6-13H,5H2,1-4H3,(H,24,27). The first-order chi connectivity index (χ1) is 14.0. The molecule has 0 atom stereocenters. The molecule has 0 fully saturated rings. The maximum atomic E-state index is 12.6. The molecule has 29 heavy (non-hydrogen) atoms. The lowest BCUT2D eigenvalue weighted by molar-refractivity contribution is -0.112. The number of benzene rings is 2. The van der Waals surface area contributed by atoms with E-state index in [1.807, 2.05) is 19.9 Å². The van der Waals surface area contributed by atoms with Crippen molar-refractivity contribution in [2.24, 2.45) is 0 Å². The van der Waals surface area contributed by atoms with Gasteiger partial charge in [-0.3, -0.25) is 9.59 Å². The van der Waals surface area contributed by atoms with E-state index in [2.05, 4.69) is 10.4 Å². The molecule has 7 nitrogen and oxygen atoms in total. The van der Waals surface area contributed by atoms with E-state index in [0.29, 0.717) is 28.6 Å². The molecule has 1 amide bonds. The lowest BCUT2D eigenvalue weighted by Crippen LogP contribution is -2.24. The van der Waals surface area contributed by atoms with Crippen LogP contribution in [0.1, 0.15) is 28.4 Å². The number of anilines is 1. The Hall–Kier alpha value is -3.61. The summed E-state index contributed by atoms with van der Waals surface area (Å²) in [5.74, 6) is 0.152. The van der Waals surface area contributed by atoms with Gasteiger partial charge in [-0.1, -0.05) is 19.1 Å². The second-order valence-electron chi connectivity index (χ2n) is 6.45. The number of nitrogens with one attached hydrogen (secondary N) is 1. The van der Waals surface area contributed by atoms with Crippen LogP contribution in [0.5, 0.6) is 11.5 Å². The first-order valence-electron chi connectivity index (χ1n) is 9.20. The molecule has 150 valence electrons. The summed E-state index contributed by atoms with van der Waals surface area (Å²) in [6.07, 6.45) is 2.41. The van der Waals surface area contributed by atoms with Crippen molar-refractivity contribution in [3.63, 3.8) is 0 Å². The normalized spacial score (nSPS) is 10.5. The van der Waals surface area contributed by atoms with Gasteiger partial charge in [0.05, 0.1) is 26.1 Å². The highest BCUT2D eigenvalue weighted by Gasteiger charge is 2.19. The van der Waals surface area contributed by atoms with Crippen molar-refractivity contribution in [3.8, 4) is 17.2 Å². The number of ketones is 1. The van der Waals surface area contributed by atoms with Crippen LogP contribution in [-0.4, -0.2) is 35.7 Å². The Balaban J connectivity index is 1.83. The van der Waals surface area contributed by atoms with Crippen molar-refractivity contribution < 1.29 is 19.1 Å². The van der Waals surface area contributed by atoms with E-state index < -0.39 is 11.7 Å². The van der Waals surface area contributed by atoms with Crippen LogP contribution in [0.3, 0.4) is 0 Å². The van der Waals surface area contributed by atoms with Gasteiger partial charge in [0.15, 0.2) is 11.5 Å². The van der Waals surface area contributed by atoms with Crippen LogP contribution in [0.25, 0.3) is 5.69 Å². The van der Waals surface area contributed by atoms with Crippen molar-refractivity contribution in [2.75, 3.05) is 19.5 Å². The van der Waals surface area contributed by atoms with Crippen LogP contribution in [0.4, 0.5) is 5.82 Å². The van der Waals surface area contributed by atoms with Gasteiger partial charge in [0.25, 0.3) is 11.7 Å². The van der Waals surface area contributed by atoms with Gasteiger partial charge in [0.1, 0.15) is 5.82 Å². The molecule has 0 aliphatic rings. The summed E-state index contributed by atoms with van der Waals surface area (Å²) >= 11 is 0. The number of hydrogen-bond donors (Lipinski definition) is 1. The summed E-state index contributed by atoms with van der Waals surface area (Å²) in [5.41, 5.74) is 3.14. The number of rotatable bonds is 7. The number of carbonyl (C=O) groups is 2. The van der Waals surface area contributed by atoms with Crippen LogP contribution in [0.15, 0.2) is 48.7 Å². The second-order valence-corrected chi connectivity index (χ2v) is 6.45. The van der Waals surface area contributed by atoms with Crippen LogP contribution in [-0.2, 0) is 11.2 Å².